The zero-order valence-electron chi connectivity index (χ0n) is 8.62. The summed E-state index contributed by atoms with van der Waals surface area (Å²) in [6.07, 6.45) is 7.46. The Labute approximate surface area is 98.6 Å². The minimum Gasteiger partial charge on any atom is -0.366 e. The highest BCUT2D eigenvalue weighted by Crippen LogP contribution is 2.46. The van der Waals surface area contributed by atoms with E-state index in [4.69, 9.17) is 0 Å². The van der Waals surface area contributed by atoms with Gasteiger partial charge in [-0.25, -0.2) is 4.98 Å². The first-order valence-electron chi connectivity index (χ1n) is 5.71. The number of rotatable bonds is 4. The molecule has 0 aromatic carbocycles. The van der Waals surface area contributed by atoms with Crippen molar-refractivity contribution in [2.45, 2.75) is 31.7 Å². The van der Waals surface area contributed by atoms with Crippen LogP contribution < -0.4 is 5.32 Å². The van der Waals surface area contributed by atoms with Crippen LogP contribution in [-0.4, -0.2) is 11.0 Å². The van der Waals surface area contributed by atoms with Crippen LogP contribution in [0.5, 0.6) is 0 Å². The van der Waals surface area contributed by atoms with Gasteiger partial charge in [0.1, 0.15) is 5.82 Å². The number of nitrogens with one attached hydrogen (secondary N) is 1. The first-order valence-corrected chi connectivity index (χ1v) is 6.51. The van der Waals surface area contributed by atoms with E-state index in [-0.39, 0.29) is 0 Å². The summed E-state index contributed by atoms with van der Waals surface area (Å²) in [4.78, 5) is 4.38. The summed E-state index contributed by atoms with van der Waals surface area (Å²) in [5, 5.41) is 3.61. The van der Waals surface area contributed by atoms with Crippen molar-refractivity contribution in [3.8, 4) is 0 Å². The van der Waals surface area contributed by atoms with E-state index >= 15 is 0 Å². The van der Waals surface area contributed by atoms with E-state index in [2.05, 4.69) is 26.2 Å². The molecule has 0 unspecified atom stereocenters. The fourth-order valence-electron chi connectivity index (χ4n) is 2.18. The lowest BCUT2D eigenvalue weighted by Gasteiger charge is -2.18. The van der Waals surface area contributed by atoms with Crippen molar-refractivity contribution in [1.82, 2.24) is 4.98 Å². The van der Waals surface area contributed by atoms with Gasteiger partial charge in [-0.15, -0.1) is 0 Å². The Balaban J connectivity index is 1.74. The maximum Gasteiger partial charge on any atom is 0.140 e. The Morgan fingerprint density at radius 1 is 1.27 bits per heavy atom. The van der Waals surface area contributed by atoms with Crippen molar-refractivity contribution >= 4 is 21.7 Å². The molecule has 0 spiro atoms. The molecule has 3 rings (SSSR count). The van der Waals surface area contributed by atoms with Crippen LogP contribution in [-0.2, 0) is 0 Å². The molecule has 0 aliphatic heterocycles. The van der Waals surface area contributed by atoms with Crippen LogP contribution in [0.25, 0.3) is 0 Å². The van der Waals surface area contributed by atoms with Crippen LogP contribution in [0.3, 0.4) is 0 Å². The fourth-order valence-corrected chi connectivity index (χ4v) is 2.55. The maximum absolute atomic E-state index is 4.38. The molecule has 2 aliphatic rings. The molecular formula is C12H15BrN2. The molecule has 2 saturated carbocycles. The van der Waals surface area contributed by atoms with E-state index in [1.165, 1.54) is 25.7 Å². The van der Waals surface area contributed by atoms with Gasteiger partial charge in [-0.3, -0.25) is 0 Å². The van der Waals surface area contributed by atoms with Crippen molar-refractivity contribution in [3.63, 3.8) is 0 Å². The summed E-state index contributed by atoms with van der Waals surface area (Å²) in [6, 6.07) is 4.68. The third-order valence-electron chi connectivity index (χ3n) is 3.32. The van der Waals surface area contributed by atoms with Crippen LogP contribution in [0.2, 0.25) is 0 Å². The highest BCUT2D eigenvalue weighted by atomic mass is 79.9. The van der Waals surface area contributed by atoms with E-state index in [0.29, 0.717) is 6.04 Å². The highest BCUT2D eigenvalue weighted by molar-refractivity contribution is 9.10. The van der Waals surface area contributed by atoms with Crippen LogP contribution in [0.1, 0.15) is 25.7 Å². The maximum atomic E-state index is 4.38. The number of hydrogen-bond donors (Lipinski definition) is 1. The summed E-state index contributed by atoms with van der Waals surface area (Å²) >= 11 is 3.54. The van der Waals surface area contributed by atoms with Crippen molar-refractivity contribution in [3.05, 3.63) is 22.8 Å². The van der Waals surface area contributed by atoms with Gasteiger partial charge in [0.2, 0.25) is 0 Å². The number of nitrogens with zero attached hydrogens (tertiary/aromatic N) is 1. The largest absolute Gasteiger partial charge is 0.366 e. The van der Waals surface area contributed by atoms with Crippen molar-refractivity contribution in [2.75, 3.05) is 5.32 Å². The molecule has 0 amide bonds. The first-order chi connectivity index (χ1) is 7.34. The topological polar surface area (TPSA) is 24.9 Å². The smallest absolute Gasteiger partial charge is 0.140 e. The second-order valence-corrected chi connectivity index (χ2v) is 5.53. The van der Waals surface area contributed by atoms with Crippen LogP contribution >= 0.6 is 15.9 Å². The minimum atomic E-state index is 0.677. The molecule has 1 aromatic rings. The normalized spacial score (nSPS) is 20.7. The van der Waals surface area contributed by atoms with E-state index in [0.717, 1.165) is 22.1 Å². The van der Waals surface area contributed by atoms with Gasteiger partial charge in [0.15, 0.2) is 0 Å². The summed E-state index contributed by atoms with van der Waals surface area (Å²) in [6.45, 7) is 0. The van der Waals surface area contributed by atoms with Gasteiger partial charge >= 0.3 is 0 Å². The predicted molar refractivity (Wildman–Crippen MR) is 64.8 cm³/mol. The molecule has 1 heterocycles. The lowest BCUT2D eigenvalue weighted by molar-refractivity contribution is 0.565. The monoisotopic (exact) mass is 266 g/mol. The predicted octanol–water partition coefficient (Wildman–Crippen LogP) is 3.44. The third-order valence-corrected chi connectivity index (χ3v) is 3.96. The molecule has 2 nitrogen and oxygen atoms in total. The zero-order chi connectivity index (χ0) is 10.3. The van der Waals surface area contributed by atoms with Crippen LogP contribution in [0.4, 0.5) is 5.82 Å². The molecule has 80 valence electrons. The van der Waals surface area contributed by atoms with Crippen LogP contribution in [0.15, 0.2) is 22.8 Å². The van der Waals surface area contributed by atoms with E-state index in [1.54, 1.807) is 0 Å². The summed E-state index contributed by atoms with van der Waals surface area (Å²) < 4.78 is 1.08. The van der Waals surface area contributed by atoms with Gasteiger partial charge in [-0.05, 0) is 65.6 Å². The molecule has 0 atom stereocenters. The fraction of sp³-hybridized carbons (Fsp3) is 0.583. The molecule has 0 radical (unpaired) electrons. The Kier molecular flexibility index (Phi) is 2.43. The molecule has 0 bridgehead atoms. The Morgan fingerprint density at radius 3 is 2.47 bits per heavy atom. The quantitative estimate of drug-likeness (QED) is 0.903. The Bertz CT molecular complexity index is 346. The second kappa shape index (κ2) is 3.78. The number of anilines is 1. The van der Waals surface area contributed by atoms with E-state index < -0.39 is 0 Å². The van der Waals surface area contributed by atoms with Gasteiger partial charge < -0.3 is 5.32 Å². The average Bonchev–Trinajstić information content (AvgIpc) is 3.10. The van der Waals surface area contributed by atoms with Crippen LogP contribution in [0, 0.1) is 11.8 Å². The summed E-state index contributed by atoms with van der Waals surface area (Å²) in [5.41, 5.74) is 0. The highest BCUT2D eigenvalue weighted by Gasteiger charge is 2.41. The number of aromatic nitrogens is 1. The molecule has 2 aliphatic carbocycles. The summed E-state index contributed by atoms with van der Waals surface area (Å²) in [7, 11) is 0. The van der Waals surface area contributed by atoms with Crippen molar-refractivity contribution in [2.24, 2.45) is 11.8 Å². The van der Waals surface area contributed by atoms with Crippen molar-refractivity contribution < 1.29 is 0 Å². The Hall–Kier alpha value is -0.570. The SMILES string of the molecule is Brc1cccnc1NC(C1CC1)C1CC1. The molecule has 15 heavy (non-hydrogen) atoms. The Morgan fingerprint density at radius 2 is 1.93 bits per heavy atom. The molecule has 2 fully saturated rings. The van der Waals surface area contributed by atoms with Crippen molar-refractivity contribution in [1.29, 1.82) is 0 Å². The molecule has 1 N–H and O–H groups in total. The van der Waals surface area contributed by atoms with Gasteiger partial charge in [-0.1, -0.05) is 0 Å². The molecular weight excluding hydrogens is 252 g/mol. The second-order valence-electron chi connectivity index (χ2n) is 4.68. The lowest BCUT2D eigenvalue weighted by atomic mass is 10.1. The zero-order valence-corrected chi connectivity index (χ0v) is 10.2. The average molecular weight is 267 g/mol. The molecule has 3 heteroatoms. The van der Waals surface area contributed by atoms with Gasteiger partial charge in [-0.2, -0.15) is 0 Å². The standard InChI is InChI=1S/C12H15BrN2/c13-10-2-1-7-14-12(10)15-11(8-3-4-8)9-5-6-9/h1-2,7-9,11H,3-6H2,(H,14,15). The number of hydrogen-bond acceptors (Lipinski definition) is 2. The van der Waals surface area contributed by atoms with Gasteiger partial charge in [0.25, 0.3) is 0 Å². The molecule has 0 saturated heterocycles. The first kappa shape index (κ1) is 9.64. The van der Waals surface area contributed by atoms with Gasteiger partial charge in [0, 0.05) is 12.2 Å². The lowest BCUT2D eigenvalue weighted by Crippen LogP contribution is -2.24. The molecule has 1 aromatic heterocycles. The van der Waals surface area contributed by atoms with E-state index in [1.807, 2.05) is 18.3 Å². The van der Waals surface area contributed by atoms with Gasteiger partial charge in [0.05, 0.1) is 4.47 Å². The summed E-state index contributed by atoms with van der Waals surface area (Å²) in [5.74, 6) is 2.83. The minimum absolute atomic E-state index is 0.677. The number of pyridine rings is 1. The third kappa shape index (κ3) is 2.17. The van der Waals surface area contributed by atoms with E-state index in [9.17, 15) is 0 Å². The number of halogens is 1.